The van der Waals surface area contributed by atoms with Crippen molar-refractivity contribution in [3.63, 3.8) is 0 Å². The van der Waals surface area contributed by atoms with Gasteiger partial charge in [0.25, 0.3) is 5.56 Å². The predicted octanol–water partition coefficient (Wildman–Crippen LogP) is 3.15. The van der Waals surface area contributed by atoms with E-state index in [0.29, 0.717) is 11.8 Å². The molecule has 0 spiro atoms. The molecule has 4 fully saturated rings. The molecule has 26 heavy (non-hydrogen) atoms. The fourth-order valence-corrected chi connectivity index (χ4v) is 5.83. The molecule has 4 aliphatic carbocycles. The van der Waals surface area contributed by atoms with Crippen LogP contribution in [0.2, 0.25) is 0 Å². The van der Waals surface area contributed by atoms with E-state index in [2.05, 4.69) is 0 Å². The second-order valence-corrected chi connectivity index (χ2v) is 8.28. The van der Waals surface area contributed by atoms with Gasteiger partial charge in [-0.1, -0.05) is 0 Å². The minimum atomic E-state index is -4.71. The summed E-state index contributed by atoms with van der Waals surface area (Å²) in [6.07, 6.45) is 2.46. The van der Waals surface area contributed by atoms with Gasteiger partial charge in [0.05, 0.1) is 0 Å². The molecule has 4 aliphatic rings. The maximum Gasteiger partial charge on any atom is 0.421 e. The number of pyridine rings is 1. The zero-order valence-electron chi connectivity index (χ0n) is 14.7. The number of hydrogen-bond donors (Lipinski definition) is 0. The number of hydrogen-bond acceptors (Lipinski definition) is 2. The van der Waals surface area contributed by atoms with Crippen LogP contribution in [0, 0.1) is 23.7 Å². The summed E-state index contributed by atoms with van der Waals surface area (Å²) in [6.45, 7) is -0.345. The number of rotatable bonds is 3. The largest absolute Gasteiger partial charge is 0.421 e. The van der Waals surface area contributed by atoms with Crippen molar-refractivity contribution in [3.8, 4) is 0 Å². The Labute approximate surface area is 150 Å². The molecule has 0 aliphatic heterocycles. The molecule has 0 radical (unpaired) electrons. The first-order valence-electron chi connectivity index (χ1n) is 9.26. The number of carbonyl (C=O) groups is 1. The molecule has 0 unspecified atom stereocenters. The third-order valence-corrected chi connectivity index (χ3v) is 6.65. The third kappa shape index (κ3) is 2.95. The lowest BCUT2D eigenvalue weighted by molar-refractivity contribution is -0.143. The number of carbonyl (C=O) groups excluding carboxylic acids is 1. The van der Waals surface area contributed by atoms with Crippen molar-refractivity contribution in [2.75, 3.05) is 7.05 Å². The average Bonchev–Trinajstić information content (AvgIpc) is 2.54. The maximum atomic E-state index is 12.9. The molecule has 0 saturated heterocycles. The molecular formula is C19H23F3N2O2. The van der Waals surface area contributed by atoms with Gasteiger partial charge >= 0.3 is 6.18 Å². The molecule has 4 saturated carbocycles. The van der Waals surface area contributed by atoms with E-state index in [1.54, 1.807) is 11.9 Å². The molecule has 0 aromatic carbocycles. The summed E-state index contributed by atoms with van der Waals surface area (Å²) in [4.78, 5) is 26.5. The monoisotopic (exact) mass is 368 g/mol. The minimum Gasteiger partial charge on any atom is -0.341 e. The molecule has 1 amide bonds. The van der Waals surface area contributed by atoms with Crippen molar-refractivity contribution >= 4 is 5.91 Å². The Kier molecular flexibility index (Phi) is 4.15. The van der Waals surface area contributed by atoms with E-state index in [4.69, 9.17) is 0 Å². The Bertz CT molecular complexity index is 743. The van der Waals surface area contributed by atoms with Gasteiger partial charge in [-0.3, -0.25) is 9.59 Å². The van der Waals surface area contributed by atoms with Crippen LogP contribution < -0.4 is 5.56 Å². The quantitative estimate of drug-likeness (QED) is 0.823. The molecule has 4 nitrogen and oxygen atoms in total. The zero-order valence-corrected chi connectivity index (χ0v) is 14.7. The maximum absolute atomic E-state index is 12.9. The van der Waals surface area contributed by atoms with Crippen molar-refractivity contribution in [1.82, 2.24) is 9.47 Å². The second kappa shape index (κ2) is 6.13. The van der Waals surface area contributed by atoms with Crippen LogP contribution >= 0.6 is 0 Å². The van der Waals surface area contributed by atoms with Crippen molar-refractivity contribution in [3.05, 3.63) is 34.2 Å². The molecule has 7 heteroatoms. The molecule has 1 aromatic heterocycles. The lowest BCUT2D eigenvalue weighted by Gasteiger charge is -2.56. The van der Waals surface area contributed by atoms with Gasteiger partial charge in [0.1, 0.15) is 12.1 Å². The highest BCUT2D eigenvalue weighted by molar-refractivity contribution is 5.76. The lowest BCUT2D eigenvalue weighted by Crippen LogP contribution is -2.56. The fraction of sp³-hybridized carbons (Fsp3) is 0.684. The summed E-state index contributed by atoms with van der Waals surface area (Å²) in [7, 11) is 1.74. The van der Waals surface area contributed by atoms with Crippen LogP contribution in [0.5, 0.6) is 0 Å². The molecule has 1 heterocycles. The summed E-state index contributed by atoms with van der Waals surface area (Å²) in [5.41, 5.74) is -2.39. The number of alkyl halides is 3. The minimum absolute atomic E-state index is 0.164. The highest BCUT2D eigenvalue weighted by Gasteiger charge is 2.50. The van der Waals surface area contributed by atoms with Gasteiger partial charge in [-0.05, 0) is 67.9 Å². The van der Waals surface area contributed by atoms with Gasteiger partial charge in [0, 0.05) is 19.3 Å². The van der Waals surface area contributed by atoms with E-state index in [1.165, 1.54) is 18.7 Å². The molecule has 1 aromatic rings. The Hall–Kier alpha value is -1.79. The zero-order chi connectivity index (χ0) is 18.6. The molecule has 5 rings (SSSR count). The van der Waals surface area contributed by atoms with Gasteiger partial charge in [0.2, 0.25) is 5.91 Å². The normalized spacial score (nSPS) is 32.7. The van der Waals surface area contributed by atoms with Crippen LogP contribution in [0.15, 0.2) is 23.1 Å². The summed E-state index contributed by atoms with van der Waals surface area (Å²) < 4.78 is 39.6. The number of likely N-dealkylation sites (N-methyl/N-ethyl adjacent to an activating group) is 1. The topological polar surface area (TPSA) is 42.3 Å². The van der Waals surface area contributed by atoms with Crippen molar-refractivity contribution in [2.24, 2.45) is 23.7 Å². The summed E-state index contributed by atoms with van der Waals surface area (Å²) in [5, 5.41) is 0. The van der Waals surface area contributed by atoms with Gasteiger partial charge < -0.3 is 9.47 Å². The predicted molar refractivity (Wildman–Crippen MR) is 89.3 cm³/mol. The average molecular weight is 368 g/mol. The smallest absolute Gasteiger partial charge is 0.341 e. The Morgan fingerprint density at radius 1 is 1.15 bits per heavy atom. The van der Waals surface area contributed by atoms with Crippen LogP contribution in [0.3, 0.4) is 0 Å². The van der Waals surface area contributed by atoms with Gasteiger partial charge in [-0.25, -0.2) is 0 Å². The number of aromatic nitrogens is 1. The SMILES string of the molecule is CN(C(=O)Cn1cccc(C(F)(F)F)c1=O)C1C2CC3CC(C2)CC1C3. The Morgan fingerprint density at radius 2 is 1.73 bits per heavy atom. The number of nitrogens with zero attached hydrogens (tertiary/aromatic N) is 2. The van der Waals surface area contributed by atoms with E-state index < -0.39 is 17.3 Å². The highest BCUT2D eigenvalue weighted by atomic mass is 19.4. The van der Waals surface area contributed by atoms with Crippen LogP contribution in [0.4, 0.5) is 13.2 Å². The molecule has 0 N–H and O–H groups in total. The van der Waals surface area contributed by atoms with Crippen LogP contribution in [-0.2, 0) is 17.5 Å². The van der Waals surface area contributed by atoms with E-state index in [1.807, 2.05) is 0 Å². The first-order valence-corrected chi connectivity index (χ1v) is 9.26. The van der Waals surface area contributed by atoms with E-state index in [9.17, 15) is 22.8 Å². The molecule has 142 valence electrons. The van der Waals surface area contributed by atoms with E-state index >= 15 is 0 Å². The first kappa shape index (κ1) is 17.6. The van der Waals surface area contributed by atoms with Crippen molar-refractivity contribution in [1.29, 1.82) is 0 Å². The standard InChI is InChI=1S/C19H23F3N2O2/c1-23(17-13-6-11-5-12(8-13)9-14(17)7-11)16(25)10-24-4-2-3-15(18(24)26)19(20,21)22/h2-4,11-14,17H,5-10H2,1H3. The van der Waals surface area contributed by atoms with Crippen LogP contribution in [-0.4, -0.2) is 28.5 Å². The second-order valence-electron chi connectivity index (χ2n) is 8.28. The fourth-order valence-electron chi connectivity index (χ4n) is 5.83. The highest BCUT2D eigenvalue weighted by Crippen LogP contribution is 2.54. The van der Waals surface area contributed by atoms with Crippen LogP contribution in [0.1, 0.15) is 37.7 Å². The molecular weight excluding hydrogens is 345 g/mol. The number of amides is 1. The molecule has 0 atom stereocenters. The Morgan fingerprint density at radius 3 is 2.27 bits per heavy atom. The van der Waals surface area contributed by atoms with Gasteiger partial charge in [-0.15, -0.1) is 0 Å². The van der Waals surface area contributed by atoms with Crippen molar-refractivity contribution in [2.45, 2.75) is 50.9 Å². The summed E-state index contributed by atoms with van der Waals surface area (Å²) in [6, 6.07) is 2.09. The number of halogens is 3. The first-order chi connectivity index (χ1) is 12.2. The summed E-state index contributed by atoms with van der Waals surface area (Å²) >= 11 is 0. The third-order valence-electron chi connectivity index (χ3n) is 6.65. The van der Waals surface area contributed by atoms with Crippen LogP contribution in [0.25, 0.3) is 0 Å². The van der Waals surface area contributed by atoms with Gasteiger partial charge in [-0.2, -0.15) is 13.2 Å². The van der Waals surface area contributed by atoms with Crippen molar-refractivity contribution < 1.29 is 18.0 Å². The lowest BCUT2D eigenvalue weighted by atomic mass is 9.54. The summed E-state index contributed by atoms with van der Waals surface area (Å²) in [5.74, 6) is 2.27. The van der Waals surface area contributed by atoms with E-state index in [0.717, 1.165) is 48.2 Å². The van der Waals surface area contributed by atoms with E-state index in [-0.39, 0.29) is 18.5 Å². The van der Waals surface area contributed by atoms with Gasteiger partial charge in [0.15, 0.2) is 0 Å². The molecule has 4 bridgehead atoms. The Balaban J connectivity index is 1.51.